The molecular weight excluding hydrogens is 342 g/mol. The Kier molecular flexibility index (Phi) is 3.60. The van der Waals surface area contributed by atoms with E-state index in [9.17, 15) is 9.59 Å². The van der Waals surface area contributed by atoms with Crippen molar-refractivity contribution in [2.45, 2.75) is 18.9 Å². The first-order chi connectivity index (χ1) is 13.2. The normalized spacial score (nSPS) is 17.2. The fraction of sp³-hybridized carbons (Fsp3) is 0.250. The fourth-order valence-electron chi connectivity index (χ4n) is 4.03. The van der Waals surface area contributed by atoms with Crippen molar-refractivity contribution in [3.8, 4) is 0 Å². The van der Waals surface area contributed by atoms with Crippen LogP contribution >= 0.6 is 0 Å². The lowest BCUT2D eigenvalue weighted by Gasteiger charge is -2.17. The number of carbonyl (C=O) groups is 1. The maximum atomic E-state index is 12.8. The summed E-state index contributed by atoms with van der Waals surface area (Å²) in [5.41, 5.74) is 3.25. The van der Waals surface area contributed by atoms with Crippen molar-refractivity contribution in [3.63, 3.8) is 0 Å². The summed E-state index contributed by atoms with van der Waals surface area (Å²) in [6.07, 6.45) is 4.70. The molecule has 7 nitrogen and oxygen atoms in total. The fourth-order valence-corrected chi connectivity index (χ4v) is 4.03. The van der Waals surface area contributed by atoms with Crippen molar-refractivity contribution in [2.75, 3.05) is 13.1 Å². The van der Waals surface area contributed by atoms with E-state index in [0.717, 1.165) is 28.4 Å². The third-order valence-corrected chi connectivity index (χ3v) is 5.37. The monoisotopic (exact) mass is 361 g/mol. The average molecular weight is 361 g/mol. The van der Waals surface area contributed by atoms with Gasteiger partial charge in [-0.05, 0) is 30.2 Å². The third kappa shape index (κ3) is 2.63. The zero-order valence-electron chi connectivity index (χ0n) is 14.7. The second-order valence-corrected chi connectivity index (χ2v) is 6.99. The van der Waals surface area contributed by atoms with E-state index in [1.165, 1.54) is 0 Å². The first kappa shape index (κ1) is 15.9. The minimum atomic E-state index is -0.167. The molecule has 1 saturated heterocycles. The molecule has 4 aromatic rings. The lowest BCUT2D eigenvalue weighted by atomic mass is 10.1. The van der Waals surface area contributed by atoms with Crippen LogP contribution in [0.25, 0.3) is 22.1 Å². The molecule has 0 aliphatic carbocycles. The predicted octanol–water partition coefficient (Wildman–Crippen LogP) is 2.22. The number of para-hydroxylation sites is 1. The number of hydrogen-bond acceptors (Lipinski definition) is 3. The van der Waals surface area contributed by atoms with Crippen LogP contribution in [0.2, 0.25) is 0 Å². The molecule has 0 radical (unpaired) electrons. The van der Waals surface area contributed by atoms with Gasteiger partial charge in [-0.1, -0.05) is 18.2 Å². The van der Waals surface area contributed by atoms with Gasteiger partial charge in [-0.2, -0.15) is 0 Å². The number of hydrogen-bond donors (Lipinski definition) is 2. The predicted molar refractivity (Wildman–Crippen MR) is 103 cm³/mol. The van der Waals surface area contributed by atoms with Crippen LogP contribution in [0, 0.1) is 0 Å². The lowest BCUT2D eigenvalue weighted by Crippen LogP contribution is -2.31. The molecule has 1 fully saturated rings. The number of aromatic nitrogens is 4. The SMILES string of the molecule is O=C(Cc1c[nH]c2ccccc12)N1CC[C@@H](n2c(=O)[nH]c3cccnc32)C1. The van der Waals surface area contributed by atoms with Gasteiger partial charge in [0.05, 0.1) is 18.0 Å². The van der Waals surface area contributed by atoms with Crippen LogP contribution in [-0.2, 0) is 11.2 Å². The van der Waals surface area contributed by atoms with Gasteiger partial charge in [0.1, 0.15) is 0 Å². The molecule has 1 amide bonds. The van der Waals surface area contributed by atoms with Crippen LogP contribution < -0.4 is 5.69 Å². The van der Waals surface area contributed by atoms with Gasteiger partial charge in [-0.25, -0.2) is 9.78 Å². The van der Waals surface area contributed by atoms with E-state index in [2.05, 4.69) is 15.0 Å². The molecule has 5 rings (SSSR count). The molecule has 0 saturated carbocycles. The molecule has 27 heavy (non-hydrogen) atoms. The first-order valence-electron chi connectivity index (χ1n) is 9.09. The quantitative estimate of drug-likeness (QED) is 0.587. The molecule has 4 heterocycles. The summed E-state index contributed by atoms with van der Waals surface area (Å²) < 4.78 is 1.69. The van der Waals surface area contributed by atoms with E-state index in [4.69, 9.17) is 0 Å². The zero-order valence-corrected chi connectivity index (χ0v) is 14.7. The van der Waals surface area contributed by atoms with Crippen LogP contribution in [-0.4, -0.2) is 43.4 Å². The van der Waals surface area contributed by atoms with Gasteiger partial charge in [0.2, 0.25) is 5.91 Å². The number of benzene rings is 1. The number of likely N-dealkylation sites (tertiary alicyclic amines) is 1. The molecule has 1 aliphatic rings. The van der Waals surface area contributed by atoms with Gasteiger partial charge in [-0.3, -0.25) is 9.36 Å². The summed E-state index contributed by atoms with van der Waals surface area (Å²) in [7, 11) is 0. The number of amides is 1. The highest BCUT2D eigenvalue weighted by Gasteiger charge is 2.30. The van der Waals surface area contributed by atoms with E-state index >= 15 is 0 Å². The van der Waals surface area contributed by atoms with Crippen LogP contribution in [0.1, 0.15) is 18.0 Å². The molecule has 7 heteroatoms. The van der Waals surface area contributed by atoms with Crippen molar-refractivity contribution in [1.82, 2.24) is 24.4 Å². The Bertz CT molecular complexity index is 1200. The second-order valence-electron chi connectivity index (χ2n) is 6.99. The van der Waals surface area contributed by atoms with Gasteiger partial charge in [0, 0.05) is 36.4 Å². The number of rotatable bonds is 3. The molecule has 3 aromatic heterocycles. The van der Waals surface area contributed by atoms with E-state index in [1.807, 2.05) is 41.4 Å². The lowest BCUT2D eigenvalue weighted by molar-refractivity contribution is -0.129. The maximum absolute atomic E-state index is 12.8. The standard InChI is InChI=1S/C20H19N5O2/c26-18(10-13-11-22-16-5-2-1-4-15(13)16)24-9-7-14(12-24)25-19-17(23-20(25)27)6-3-8-21-19/h1-6,8,11,14,22H,7,9-10,12H2,(H,23,27)/t14-/m1/s1. The summed E-state index contributed by atoms with van der Waals surface area (Å²) in [6.45, 7) is 1.18. The summed E-state index contributed by atoms with van der Waals surface area (Å²) >= 11 is 0. The largest absolute Gasteiger partial charge is 0.361 e. The van der Waals surface area contributed by atoms with E-state index in [1.54, 1.807) is 16.8 Å². The molecular formula is C20H19N5O2. The molecule has 0 unspecified atom stereocenters. The summed E-state index contributed by atoms with van der Waals surface area (Å²) in [6, 6.07) is 11.6. The number of nitrogens with zero attached hydrogens (tertiary/aromatic N) is 3. The molecule has 0 spiro atoms. The Morgan fingerprint density at radius 2 is 2.04 bits per heavy atom. The van der Waals surface area contributed by atoms with Gasteiger partial charge in [0.15, 0.2) is 5.65 Å². The van der Waals surface area contributed by atoms with Gasteiger partial charge >= 0.3 is 5.69 Å². The van der Waals surface area contributed by atoms with Crippen molar-refractivity contribution in [2.24, 2.45) is 0 Å². The highest BCUT2D eigenvalue weighted by molar-refractivity contribution is 5.89. The number of H-pyrrole nitrogens is 2. The molecule has 136 valence electrons. The van der Waals surface area contributed by atoms with E-state index in [0.29, 0.717) is 25.2 Å². The molecule has 1 atom stereocenters. The van der Waals surface area contributed by atoms with E-state index in [-0.39, 0.29) is 17.6 Å². The molecule has 2 N–H and O–H groups in total. The number of carbonyl (C=O) groups excluding carboxylic acids is 1. The summed E-state index contributed by atoms with van der Waals surface area (Å²) in [4.78, 5) is 37.4. The Morgan fingerprint density at radius 1 is 1.19 bits per heavy atom. The van der Waals surface area contributed by atoms with Crippen molar-refractivity contribution in [1.29, 1.82) is 0 Å². The van der Waals surface area contributed by atoms with Crippen molar-refractivity contribution < 1.29 is 4.79 Å². The highest BCUT2D eigenvalue weighted by Crippen LogP contribution is 2.25. The molecule has 1 aromatic carbocycles. The number of pyridine rings is 1. The van der Waals surface area contributed by atoms with Gasteiger partial charge in [0.25, 0.3) is 0 Å². The van der Waals surface area contributed by atoms with Gasteiger partial charge in [-0.15, -0.1) is 0 Å². The smallest absolute Gasteiger partial charge is 0.327 e. The number of aromatic amines is 2. The van der Waals surface area contributed by atoms with Crippen molar-refractivity contribution in [3.05, 3.63) is 64.8 Å². The summed E-state index contributed by atoms with van der Waals surface area (Å²) in [5.74, 6) is 0.0862. The first-order valence-corrected chi connectivity index (χ1v) is 9.09. The Balaban J connectivity index is 1.36. The van der Waals surface area contributed by atoms with Crippen molar-refractivity contribution >= 4 is 28.0 Å². The Hall–Kier alpha value is -3.35. The third-order valence-electron chi connectivity index (χ3n) is 5.37. The van der Waals surface area contributed by atoms with Crippen LogP contribution in [0.5, 0.6) is 0 Å². The maximum Gasteiger partial charge on any atom is 0.327 e. The number of imidazole rings is 1. The highest BCUT2D eigenvalue weighted by atomic mass is 16.2. The minimum Gasteiger partial charge on any atom is -0.361 e. The molecule has 1 aliphatic heterocycles. The van der Waals surface area contributed by atoms with E-state index < -0.39 is 0 Å². The number of nitrogens with one attached hydrogen (secondary N) is 2. The second kappa shape index (κ2) is 6.12. The zero-order chi connectivity index (χ0) is 18.4. The topological polar surface area (TPSA) is 86.8 Å². The Morgan fingerprint density at radius 3 is 2.96 bits per heavy atom. The average Bonchev–Trinajstić information content (AvgIpc) is 3.38. The summed E-state index contributed by atoms with van der Waals surface area (Å²) in [5, 5.41) is 1.08. The Labute approximate surface area is 154 Å². The van der Waals surface area contributed by atoms with Gasteiger partial charge < -0.3 is 14.9 Å². The molecule has 0 bridgehead atoms. The number of fused-ring (bicyclic) bond motifs is 2. The minimum absolute atomic E-state index is 0.0481. The van der Waals surface area contributed by atoms with Crippen LogP contribution in [0.15, 0.2) is 53.6 Å². The van der Waals surface area contributed by atoms with Crippen LogP contribution in [0.3, 0.4) is 0 Å². The van der Waals surface area contributed by atoms with Crippen LogP contribution in [0.4, 0.5) is 0 Å².